The second-order valence-corrected chi connectivity index (χ2v) is 12.5. The van der Waals surface area contributed by atoms with E-state index in [1.807, 2.05) is 53.7 Å². The van der Waals surface area contributed by atoms with Crippen LogP contribution in [0.5, 0.6) is 5.75 Å². The van der Waals surface area contributed by atoms with Gasteiger partial charge in [0.15, 0.2) is 0 Å². The van der Waals surface area contributed by atoms with Crippen LogP contribution in [0.1, 0.15) is 73.4 Å². The number of nitrogens with one attached hydrogen (secondary N) is 1. The molecule has 0 unspecified atom stereocenters. The summed E-state index contributed by atoms with van der Waals surface area (Å²) < 4.78 is 11.3. The van der Waals surface area contributed by atoms with Gasteiger partial charge >= 0.3 is 12.2 Å². The first-order chi connectivity index (χ1) is 16.5. The Balaban J connectivity index is 2.16. The van der Waals surface area contributed by atoms with Gasteiger partial charge in [-0.2, -0.15) is 0 Å². The number of hydrogen-bond donors (Lipinski definition) is 2. The molecule has 6 nitrogen and oxygen atoms in total. The van der Waals surface area contributed by atoms with Crippen molar-refractivity contribution in [1.29, 1.82) is 0 Å². The van der Waals surface area contributed by atoms with Gasteiger partial charge < -0.3 is 15.2 Å². The van der Waals surface area contributed by atoms with Crippen molar-refractivity contribution < 1.29 is 19.1 Å². The first kappa shape index (κ1) is 25.5. The van der Waals surface area contributed by atoms with Crippen LogP contribution in [-0.4, -0.2) is 17.8 Å². The lowest BCUT2D eigenvalue weighted by Crippen LogP contribution is -2.29. The summed E-state index contributed by atoms with van der Waals surface area (Å²) in [6.45, 7) is 18.0. The van der Waals surface area contributed by atoms with Gasteiger partial charge in [0.1, 0.15) is 11.4 Å². The summed E-state index contributed by atoms with van der Waals surface area (Å²) in [5.74, 6) is 0.350. The second-order valence-electron chi connectivity index (χ2n) is 12.5. The minimum Gasteiger partial charge on any atom is -0.444 e. The maximum absolute atomic E-state index is 13.0. The molecule has 0 aliphatic rings. The van der Waals surface area contributed by atoms with Crippen molar-refractivity contribution in [2.45, 2.75) is 78.7 Å². The molecule has 2 amide bonds. The lowest BCUT2D eigenvalue weighted by molar-refractivity contribution is 0.0636. The lowest BCUT2D eigenvalue weighted by atomic mass is 9.79. The summed E-state index contributed by atoms with van der Waals surface area (Å²) in [5, 5.41) is 8.70. The van der Waals surface area contributed by atoms with Crippen molar-refractivity contribution in [3.63, 3.8) is 0 Å². The van der Waals surface area contributed by atoms with Gasteiger partial charge in [0.25, 0.3) is 0 Å². The third kappa shape index (κ3) is 4.64. The van der Waals surface area contributed by atoms with Crippen LogP contribution in [0.4, 0.5) is 15.3 Å². The van der Waals surface area contributed by atoms with Crippen LogP contribution in [0.15, 0.2) is 36.4 Å². The average Bonchev–Trinajstić information content (AvgIpc) is 2.69. The highest BCUT2D eigenvalue weighted by Gasteiger charge is 2.31. The van der Waals surface area contributed by atoms with Crippen molar-refractivity contribution in [2.24, 2.45) is 5.73 Å². The largest absolute Gasteiger partial charge is 0.444 e. The van der Waals surface area contributed by atoms with Crippen molar-refractivity contribution in [3.8, 4) is 5.75 Å². The number of carbonyl (C=O) groups excluding carboxylic acids is 2. The second kappa shape index (κ2) is 8.26. The van der Waals surface area contributed by atoms with Gasteiger partial charge in [-0.1, -0.05) is 71.9 Å². The van der Waals surface area contributed by atoms with E-state index in [0.717, 1.165) is 32.3 Å². The molecule has 0 aliphatic heterocycles. The molecule has 0 heterocycles. The lowest BCUT2D eigenvalue weighted by Gasteiger charge is -2.30. The fraction of sp³-hybridized carbons (Fsp3) is 0.400. The molecule has 0 spiro atoms. The van der Waals surface area contributed by atoms with Gasteiger partial charge in [-0.15, -0.1) is 0 Å². The maximum Gasteiger partial charge on any atom is 0.412 e. The van der Waals surface area contributed by atoms with E-state index in [1.165, 1.54) is 5.56 Å². The van der Waals surface area contributed by atoms with Crippen LogP contribution >= 0.6 is 0 Å². The van der Waals surface area contributed by atoms with E-state index in [-0.39, 0.29) is 5.41 Å². The Bertz CT molecular complexity index is 1480. The van der Waals surface area contributed by atoms with E-state index in [9.17, 15) is 9.59 Å². The number of ether oxygens (including phenoxy) is 2. The topological polar surface area (TPSA) is 90.7 Å². The van der Waals surface area contributed by atoms with Crippen molar-refractivity contribution in [3.05, 3.63) is 47.5 Å². The predicted molar refractivity (Wildman–Crippen MR) is 148 cm³/mol. The molecule has 36 heavy (non-hydrogen) atoms. The molecule has 0 fully saturated rings. The molecule has 4 aromatic carbocycles. The summed E-state index contributed by atoms with van der Waals surface area (Å²) >= 11 is 0. The molecular weight excluding hydrogens is 452 g/mol. The molecule has 0 saturated carbocycles. The highest BCUT2D eigenvalue weighted by molar-refractivity contribution is 6.28. The summed E-state index contributed by atoms with van der Waals surface area (Å²) in [7, 11) is 0. The Morgan fingerprint density at radius 2 is 1.33 bits per heavy atom. The average molecular weight is 489 g/mol. The normalized spacial score (nSPS) is 12.9. The Kier molecular flexibility index (Phi) is 5.86. The third-order valence-electron chi connectivity index (χ3n) is 6.28. The number of amides is 2. The number of anilines is 1. The predicted octanol–water partition coefficient (Wildman–Crippen LogP) is 7.98. The number of rotatable bonds is 2. The van der Waals surface area contributed by atoms with Crippen LogP contribution in [0.25, 0.3) is 32.3 Å². The van der Waals surface area contributed by atoms with Gasteiger partial charge in [0.05, 0.1) is 5.69 Å². The van der Waals surface area contributed by atoms with Crippen LogP contribution in [-0.2, 0) is 15.6 Å². The molecule has 0 aromatic heterocycles. The zero-order valence-electron chi connectivity index (χ0n) is 22.7. The van der Waals surface area contributed by atoms with E-state index in [1.54, 1.807) is 0 Å². The highest BCUT2D eigenvalue weighted by atomic mass is 16.6. The van der Waals surface area contributed by atoms with Gasteiger partial charge in [-0.3, -0.25) is 5.32 Å². The minimum absolute atomic E-state index is 0.0203. The quantitative estimate of drug-likeness (QED) is 0.280. The summed E-state index contributed by atoms with van der Waals surface area (Å²) in [6, 6.07) is 12.5. The molecule has 4 aromatic rings. The van der Waals surface area contributed by atoms with Crippen LogP contribution < -0.4 is 15.8 Å². The highest BCUT2D eigenvalue weighted by Crippen LogP contribution is 2.50. The smallest absolute Gasteiger partial charge is 0.412 e. The fourth-order valence-corrected chi connectivity index (χ4v) is 4.84. The molecule has 0 bridgehead atoms. The van der Waals surface area contributed by atoms with Gasteiger partial charge in [-0.25, -0.2) is 9.59 Å². The number of hydrogen-bond acceptors (Lipinski definition) is 4. The fourth-order valence-electron chi connectivity index (χ4n) is 4.84. The van der Waals surface area contributed by atoms with Crippen LogP contribution in [0.3, 0.4) is 0 Å². The maximum atomic E-state index is 13.0. The Labute approximate surface area is 212 Å². The molecule has 0 atom stereocenters. The summed E-state index contributed by atoms with van der Waals surface area (Å²) in [6.07, 6.45) is -1.49. The summed E-state index contributed by atoms with van der Waals surface area (Å²) in [5.41, 5.74) is 6.79. The SMILES string of the molecule is CC(C)(C)OC(=O)Nc1c(C(C)(C)C)c(OC(N)=O)c2ccc3cc(C(C)(C)C)cc4ccc1c2c43. The molecule has 190 valence electrons. The Hall–Kier alpha value is -3.54. The van der Waals surface area contributed by atoms with Gasteiger partial charge in [-0.05, 0) is 59.4 Å². The number of carbonyl (C=O) groups is 2. The molecule has 4 rings (SSSR count). The summed E-state index contributed by atoms with van der Waals surface area (Å²) in [4.78, 5) is 25.1. The van der Waals surface area contributed by atoms with Gasteiger partial charge in [0.2, 0.25) is 0 Å². The zero-order valence-corrected chi connectivity index (χ0v) is 22.7. The van der Waals surface area contributed by atoms with Crippen molar-refractivity contribution in [1.82, 2.24) is 0 Å². The molecule has 0 saturated heterocycles. The number of primary amides is 1. The number of nitrogens with two attached hydrogens (primary N) is 1. The molecule has 0 aliphatic carbocycles. The third-order valence-corrected chi connectivity index (χ3v) is 6.28. The van der Waals surface area contributed by atoms with E-state index in [2.05, 4.69) is 50.4 Å². The number of benzene rings is 4. The zero-order chi connectivity index (χ0) is 26.8. The molecule has 3 N–H and O–H groups in total. The van der Waals surface area contributed by atoms with E-state index < -0.39 is 23.2 Å². The molecular formula is C30H36N2O4. The van der Waals surface area contributed by atoms with Gasteiger partial charge in [0, 0.05) is 21.7 Å². The van der Waals surface area contributed by atoms with Crippen molar-refractivity contribution >= 4 is 50.2 Å². The monoisotopic (exact) mass is 488 g/mol. The molecule has 0 radical (unpaired) electrons. The van der Waals surface area contributed by atoms with E-state index in [0.29, 0.717) is 17.0 Å². The van der Waals surface area contributed by atoms with E-state index in [4.69, 9.17) is 15.2 Å². The van der Waals surface area contributed by atoms with Crippen LogP contribution in [0.2, 0.25) is 0 Å². The minimum atomic E-state index is -0.909. The van der Waals surface area contributed by atoms with Crippen molar-refractivity contribution in [2.75, 3.05) is 5.32 Å². The van der Waals surface area contributed by atoms with E-state index >= 15 is 0 Å². The first-order valence-electron chi connectivity index (χ1n) is 12.2. The standard InChI is InChI=1S/C30H36N2O4/c1-28(2,3)18-14-16-10-12-19-22-20(13-11-17(15-18)21(16)22)25(35-26(31)33)23(29(4,5)6)24(19)32-27(34)36-30(7,8)9/h10-15H,1-9H3,(H2,31,33)(H,32,34). The Morgan fingerprint density at radius 3 is 1.81 bits per heavy atom. The Morgan fingerprint density at radius 1 is 0.778 bits per heavy atom. The first-order valence-corrected chi connectivity index (χ1v) is 12.2. The molecule has 6 heteroatoms. The van der Waals surface area contributed by atoms with Crippen LogP contribution in [0, 0.1) is 0 Å².